The highest BCUT2D eigenvalue weighted by Crippen LogP contribution is 2.21. The standard InChI is InChI=1S/C9H12N2O2/c1-6(9(12)13)11-5-7-3-2-4-8(7)10-11/h5-6H,2-4H2,1H3,(H,12,13). The minimum absolute atomic E-state index is 0.550. The lowest BCUT2D eigenvalue weighted by molar-refractivity contribution is -0.140. The van der Waals surface area contributed by atoms with Crippen LogP contribution in [0.2, 0.25) is 0 Å². The van der Waals surface area contributed by atoms with Crippen molar-refractivity contribution in [1.82, 2.24) is 9.78 Å². The first kappa shape index (κ1) is 8.29. The Morgan fingerprint density at radius 2 is 2.46 bits per heavy atom. The molecule has 0 radical (unpaired) electrons. The van der Waals surface area contributed by atoms with Crippen LogP contribution in [0.5, 0.6) is 0 Å². The van der Waals surface area contributed by atoms with Crippen molar-refractivity contribution in [2.45, 2.75) is 32.2 Å². The molecule has 0 fully saturated rings. The van der Waals surface area contributed by atoms with Crippen LogP contribution < -0.4 is 0 Å². The first-order valence-corrected chi connectivity index (χ1v) is 4.48. The van der Waals surface area contributed by atoms with Crippen molar-refractivity contribution < 1.29 is 9.90 Å². The van der Waals surface area contributed by atoms with E-state index < -0.39 is 12.0 Å². The Labute approximate surface area is 76.2 Å². The van der Waals surface area contributed by atoms with Gasteiger partial charge in [-0.15, -0.1) is 0 Å². The van der Waals surface area contributed by atoms with Gasteiger partial charge in [0.05, 0.1) is 5.69 Å². The quantitative estimate of drug-likeness (QED) is 0.739. The van der Waals surface area contributed by atoms with Crippen molar-refractivity contribution in [1.29, 1.82) is 0 Å². The predicted octanol–water partition coefficient (Wildman–Crippen LogP) is 1.02. The number of hydrogen-bond acceptors (Lipinski definition) is 2. The Morgan fingerprint density at radius 1 is 1.69 bits per heavy atom. The first-order valence-electron chi connectivity index (χ1n) is 4.48. The maximum Gasteiger partial charge on any atom is 0.328 e. The third-order valence-corrected chi connectivity index (χ3v) is 2.51. The lowest BCUT2D eigenvalue weighted by Crippen LogP contribution is -2.16. The van der Waals surface area contributed by atoms with Crippen molar-refractivity contribution in [3.8, 4) is 0 Å². The van der Waals surface area contributed by atoms with Crippen LogP contribution in [-0.4, -0.2) is 20.9 Å². The lowest BCUT2D eigenvalue weighted by Gasteiger charge is -2.05. The third kappa shape index (κ3) is 1.32. The molecule has 0 bridgehead atoms. The topological polar surface area (TPSA) is 55.1 Å². The van der Waals surface area contributed by atoms with Gasteiger partial charge in [0.25, 0.3) is 0 Å². The molecule has 13 heavy (non-hydrogen) atoms. The summed E-state index contributed by atoms with van der Waals surface area (Å²) in [5.41, 5.74) is 2.29. The first-order chi connectivity index (χ1) is 6.18. The summed E-state index contributed by atoms with van der Waals surface area (Å²) in [7, 11) is 0. The molecule has 0 amide bonds. The zero-order chi connectivity index (χ0) is 9.42. The summed E-state index contributed by atoms with van der Waals surface area (Å²) in [6.45, 7) is 1.64. The summed E-state index contributed by atoms with van der Waals surface area (Å²) in [5, 5.41) is 13.0. The highest BCUT2D eigenvalue weighted by atomic mass is 16.4. The minimum Gasteiger partial charge on any atom is -0.480 e. The van der Waals surface area contributed by atoms with Crippen LogP contribution in [0.25, 0.3) is 0 Å². The molecule has 0 saturated heterocycles. The molecule has 1 atom stereocenters. The number of aryl methyl sites for hydroxylation is 2. The van der Waals surface area contributed by atoms with Crippen LogP contribution in [-0.2, 0) is 17.6 Å². The van der Waals surface area contributed by atoms with Gasteiger partial charge in [-0.05, 0) is 31.7 Å². The molecule has 4 nitrogen and oxygen atoms in total. The van der Waals surface area contributed by atoms with Gasteiger partial charge >= 0.3 is 5.97 Å². The van der Waals surface area contributed by atoms with E-state index in [2.05, 4.69) is 5.10 Å². The maximum absolute atomic E-state index is 10.7. The van der Waals surface area contributed by atoms with Crippen LogP contribution in [0, 0.1) is 0 Å². The van der Waals surface area contributed by atoms with E-state index in [-0.39, 0.29) is 0 Å². The number of aliphatic carboxylic acids is 1. The number of rotatable bonds is 2. The maximum atomic E-state index is 10.7. The van der Waals surface area contributed by atoms with Gasteiger partial charge in [-0.2, -0.15) is 5.10 Å². The largest absolute Gasteiger partial charge is 0.480 e. The Kier molecular flexibility index (Phi) is 1.83. The molecule has 1 aliphatic carbocycles. The van der Waals surface area contributed by atoms with E-state index in [1.807, 2.05) is 6.20 Å². The molecule has 1 N–H and O–H groups in total. The van der Waals surface area contributed by atoms with Crippen molar-refractivity contribution >= 4 is 5.97 Å². The molecule has 70 valence electrons. The van der Waals surface area contributed by atoms with Crippen molar-refractivity contribution in [3.05, 3.63) is 17.5 Å². The van der Waals surface area contributed by atoms with Crippen molar-refractivity contribution in [3.63, 3.8) is 0 Å². The number of fused-ring (bicyclic) bond motifs is 1. The van der Waals surface area contributed by atoms with Gasteiger partial charge in [-0.1, -0.05) is 0 Å². The molecule has 4 heteroatoms. The van der Waals surface area contributed by atoms with Crippen LogP contribution in [0.15, 0.2) is 6.20 Å². The van der Waals surface area contributed by atoms with Crippen molar-refractivity contribution in [2.24, 2.45) is 0 Å². The molecule has 1 aromatic heterocycles. The number of carboxylic acids is 1. The highest BCUT2D eigenvalue weighted by molar-refractivity contribution is 5.71. The summed E-state index contributed by atoms with van der Waals surface area (Å²) in [6.07, 6.45) is 5.05. The van der Waals surface area contributed by atoms with Crippen LogP contribution in [0.4, 0.5) is 0 Å². The second kappa shape index (κ2) is 2.87. The average Bonchev–Trinajstić information content (AvgIpc) is 2.59. The predicted molar refractivity (Wildman–Crippen MR) is 46.6 cm³/mol. The number of nitrogens with zero attached hydrogens (tertiary/aromatic N) is 2. The Balaban J connectivity index is 2.28. The summed E-state index contributed by atoms with van der Waals surface area (Å²) < 4.78 is 1.55. The Morgan fingerprint density at radius 3 is 3.08 bits per heavy atom. The normalized spacial score (nSPS) is 17.0. The van der Waals surface area contributed by atoms with Gasteiger partial charge in [0.15, 0.2) is 0 Å². The second-order valence-electron chi connectivity index (χ2n) is 3.45. The van der Waals surface area contributed by atoms with E-state index in [0.717, 1.165) is 25.0 Å². The number of hydrogen-bond donors (Lipinski definition) is 1. The summed E-state index contributed by atoms with van der Waals surface area (Å²) >= 11 is 0. The monoisotopic (exact) mass is 180 g/mol. The zero-order valence-electron chi connectivity index (χ0n) is 7.53. The fourth-order valence-electron chi connectivity index (χ4n) is 1.64. The third-order valence-electron chi connectivity index (χ3n) is 2.51. The summed E-state index contributed by atoms with van der Waals surface area (Å²) in [5.74, 6) is -0.832. The molecule has 0 aromatic carbocycles. The van der Waals surface area contributed by atoms with Gasteiger partial charge in [-0.25, -0.2) is 4.79 Å². The lowest BCUT2D eigenvalue weighted by atomic mass is 10.3. The second-order valence-corrected chi connectivity index (χ2v) is 3.45. The molecular formula is C9H12N2O2. The van der Waals surface area contributed by atoms with Gasteiger partial charge in [0.1, 0.15) is 6.04 Å². The smallest absolute Gasteiger partial charge is 0.328 e. The average molecular weight is 180 g/mol. The molecule has 1 aromatic rings. The van der Waals surface area contributed by atoms with E-state index in [1.165, 1.54) is 5.56 Å². The fraction of sp³-hybridized carbons (Fsp3) is 0.556. The molecule has 1 unspecified atom stereocenters. The van der Waals surface area contributed by atoms with E-state index in [0.29, 0.717) is 0 Å². The molecule has 0 aliphatic heterocycles. The van der Waals surface area contributed by atoms with Crippen LogP contribution in [0.3, 0.4) is 0 Å². The van der Waals surface area contributed by atoms with Gasteiger partial charge in [-0.3, -0.25) is 4.68 Å². The minimum atomic E-state index is -0.832. The molecular weight excluding hydrogens is 168 g/mol. The Hall–Kier alpha value is -1.32. The summed E-state index contributed by atoms with van der Waals surface area (Å²) in [4.78, 5) is 10.7. The van der Waals surface area contributed by atoms with Crippen LogP contribution >= 0.6 is 0 Å². The molecule has 0 spiro atoms. The number of aromatic nitrogens is 2. The molecule has 1 aliphatic rings. The van der Waals surface area contributed by atoms with Gasteiger partial charge < -0.3 is 5.11 Å². The number of carbonyl (C=O) groups is 1. The van der Waals surface area contributed by atoms with Gasteiger partial charge in [0, 0.05) is 6.20 Å². The van der Waals surface area contributed by atoms with Crippen LogP contribution in [0.1, 0.15) is 30.6 Å². The van der Waals surface area contributed by atoms with Crippen molar-refractivity contribution in [2.75, 3.05) is 0 Å². The van der Waals surface area contributed by atoms with E-state index in [4.69, 9.17) is 5.11 Å². The Bertz CT molecular complexity index is 322. The number of carboxylic acid groups (broad SMARTS) is 1. The molecule has 0 saturated carbocycles. The molecule has 2 rings (SSSR count). The SMILES string of the molecule is CC(C(=O)O)n1cc2c(n1)CCC2. The van der Waals surface area contributed by atoms with Gasteiger partial charge in [0.2, 0.25) is 0 Å². The zero-order valence-corrected chi connectivity index (χ0v) is 7.53. The fourth-order valence-corrected chi connectivity index (χ4v) is 1.64. The highest BCUT2D eigenvalue weighted by Gasteiger charge is 2.20. The van der Waals surface area contributed by atoms with E-state index in [9.17, 15) is 4.79 Å². The van der Waals surface area contributed by atoms with E-state index in [1.54, 1.807) is 11.6 Å². The molecule has 1 heterocycles. The van der Waals surface area contributed by atoms with E-state index >= 15 is 0 Å². The summed E-state index contributed by atoms with van der Waals surface area (Å²) in [6, 6.07) is -0.550.